The Morgan fingerprint density at radius 1 is 1.25 bits per heavy atom. The Morgan fingerprint density at radius 3 is 2.75 bits per heavy atom. The number of carbonyl (C=O) groups excluding carboxylic acids is 1. The quantitative estimate of drug-likeness (QED) is 0.705. The molecule has 0 spiro atoms. The lowest BCUT2D eigenvalue weighted by atomic mass is 9.89. The highest BCUT2D eigenvalue weighted by Crippen LogP contribution is 2.27. The number of ketones is 1. The second-order valence-corrected chi connectivity index (χ2v) is 7.00. The summed E-state index contributed by atoms with van der Waals surface area (Å²) < 4.78 is 24.3. The zero-order valence-corrected chi connectivity index (χ0v) is 16.1. The van der Waals surface area contributed by atoms with Crippen LogP contribution in [-0.4, -0.2) is 49.2 Å². The highest BCUT2D eigenvalue weighted by Gasteiger charge is 2.28. The van der Waals surface area contributed by atoms with E-state index in [0.29, 0.717) is 17.9 Å². The number of nitrogens with zero attached hydrogens (tertiary/aromatic N) is 1. The third-order valence-electron chi connectivity index (χ3n) is 4.99. The molecular weight excluding hydrogens is 361 g/mol. The minimum Gasteiger partial charge on any atom is -0.496 e. The number of aliphatic hydroxyl groups is 1. The summed E-state index contributed by atoms with van der Waals surface area (Å²) in [5.74, 6) is 0.482. The number of rotatable bonds is 8. The first-order valence-electron chi connectivity index (χ1n) is 9.53. The van der Waals surface area contributed by atoms with Crippen molar-refractivity contribution in [1.82, 2.24) is 4.90 Å². The summed E-state index contributed by atoms with van der Waals surface area (Å²) in [4.78, 5) is 15.2. The summed E-state index contributed by atoms with van der Waals surface area (Å²) in [6, 6.07) is 11.8. The molecule has 1 atom stereocenters. The summed E-state index contributed by atoms with van der Waals surface area (Å²) in [6.45, 7) is 2.57. The highest BCUT2D eigenvalue weighted by molar-refractivity contribution is 6.00. The SMILES string of the molecule is COc1ccc(F)cc1C(=O)C1CCCN(Cc2ccc(OCCO)cc2)C1. The van der Waals surface area contributed by atoms with Crippen molar-refractivity contribution in [2.75, 3.05) is 33.4 Å². The van der Waals surface area contributed by atoms with Crippen molar-refractivity contribution in [2.24, 2.45) is 5.92 Å². The van der Waals surface area contributed by atoms with Crippen LogP contribution in [0.4, 0.5) is 4.39 Å². The average molecular weight is 387 g/mol. The molecule has 6 heteroatoms. The number of likely N-dealkylation sites (tertiary alicyclic amines) is 1. The summed E-state index contributed by atoms with van der Waals surface area (Å²) in [5.41, 5.74) is 1.45. The number of ether oxygens (including phenoxy) is 2. The molecule has 0 aromatic heterocycles. The van der Waals surface area contributed by atoms with Crippen LogP contribution < -0.4 is 9.47 Å². The van der Waals surface area contributed by atoms with Gasteiger partial charge in [0.05, 0.1) is 19.3 Å². The van der Waals surface area contributed by atoms with Crippen molar-refractivity contribution >= 4 is 5.78 Å². The first kappa shape index (κ1) is 20.3. The van der Waals surface area contributed by atoms with E-state index in [-0.39, 0.29) is 24.9 Å². The molecule has 1 unspecified atom stereocenters. The summed E-state index contributed by atoms with van der Waals surface area (Å²) in [6.07, 6.45) is 1.72. The van der Waals surface area contributed by atoms with Gasteiger partial charge in [0.2, 0.25) is 0 Å². The predicted molar refractivity (Wildman–Crippen MR) is 104 cm³/mol. The smallest absolute Gasteiger partial charge is 0.171 e. The Bertz CT molecular complexity index is 794. The van der Waals surface area contributed by atoms with Gasteiger partial charge in [0, 0.05) is 19.0 Å². The first-order chi connectivity index (χ1) is 13.6. The number of piperidine rings is 1. The molecular formula is C22H26FNO4. The van der Waals surface area contributed by atoms with Crippen molar-refractivity contribution < 1.29 is 23.8 Å². The zero-order valence-electron chi connectivity index (χ0n) is 16.1. The summed E-state index contributed by atoms with van der Waals surface area (Å²) in [7, 11) is 1.49. The van der Waals surface area contributed by atoms with Gasteiger partial charge in [-0.2, -0.15) is 0 Å². The molecule has 5 nitrogen and oxygen atoms in total. The van der Waals surface area contributed by atoms with Gasteiger partial charge in [-0.15, -0.1) is 0 Å². The van der Waals surface area contributed by atoms with E-state index in [0.717, 1.165) is 37.2 Å². The van der Waals surface area contributed by atoms with E-state index < -0.39 is 5.82 Å². The number of aliphatic hydroxyl groups excluding tert-OH is 1. The molecule has 0 saturated carbocycles. The molecule has 1 aliphatic rings. The van der Waals surface area contributed by atoms with Gasteiger partial charge in [0.25, 0.3) is 0 Å². The number of hydrogen-bond acceptors (Lipinski definition) is 5. The molecule has 1 N–H and O–H groups in total. The first-order valence-corrected chi connectivity index (χ1v) is 9.53. The van der Waals surface area contributed by atoms with Gasteiger partial charge in [-0.05, 0) is 55.3 Å². The van der Waals surface area contributed by atoms with Gasteiger partial charge in [0.1, 0.15) is 23.9 Å². The lowest BCUT2D eigenvalue weighted by Crippen LogP contribution is -2.38. The van der Waals surface area contributed by atoms with Gasteiger partial charge >= 0.3 is 0 Å². The van der Waals surface area contributed by atoms with E-state index in [4.69, 9.17) is 14.6 Å². The van der Waals surface area contributed by atoms with Crippen molar-refractivity contribution in [2.45, 2.75) is 19.4 Å². The monoisotopic (exact) mass is 387 g/mol. The Kier molecular flexibility index (Phi) is 7.01. The molecule has 1 heterocycles. The van der Waals surface area contributed by atoms with Crippen LogP contribution in [0.1, 0.15) is 28.8 Å². The number of benzene rings is 2. The second-order valence-electron chi connectivity index (χ2n) is 7.00. The Hall–Kier alpha value is -2.44. The molecule has 1 saturated heterocycles. The molecule has 1 aliphatic heterocycles. The lowest BCUT2D eigenvalue weighted by Gasteiger charge is -2.32. The summed E-state index contributed by atoms with van der Waals surface area (Å²) in [5, 5.41) is 8.81. The molecule has 3 rings (SSSR count). The third kappa shape index (κ3) is 5.09. The fraction of sp³-hybridized carbons (Fsp3) is 0.409. The number of halogens is 1. The number of hydrogen-bond donors (Lipinski definition) is 1. The van der Waals surface area contributed by atoms with Crippen LogP contribution in [0.3, 0.4) is 0 Å². The van der Waals surface area contributed by atoms with Crippen LogP contribution >= 0.6 is 0 Å². The largest absolute Gasteiger partial charge is 0.496 e. The second kappa shape index (κ2) is 9.66. The number of methoxy groups -OCH3 is 1. The fourth-order valence-electron chi connectivity index (χ4n) is 3.62. The van der Waals surface area contributed by atoms with E-state index in [9.17, 15) is 9.18 Å². The third-order valence-corrected chi connectivity index (χ3v) is 4.99. The van der Waals surface area contributed by atoms with Gasteiger partial charge < -0.3 is 14.6 Å². The van der Waals surface area contributed by atoms with Crippen LogP contribution in [0, 0.1) is 11.7 Å². The minimum atomic E-state index is -0.430. The van der Waals surface area contributed by atoms with E-state index in [2.05, 4.69) is 4.90 Å². The van der Waals surface area contributed by atoms with E-state index in [1.807, 2.05) is 24.3 Å². The molecule has 0 radical (unpaired) electrons. The predicted octanol–water partition coefficient (Wildman–Crippen LogP) is 3.30. The van der Waals surface area contributed by atoms with Gasteiger partial charge in [-0.1, -0.05) is 12.1 Å². The Morgan fingerprint density at radius 2 is 2.04 bits per heavy atom. The number of Topliss-reactive ketones (excluding diaryl/α,β-unsaturated/α-hetero) is 1. The van der Waals surface area contributed by atoms with Crippen LogP contribution in [0.15, 0.2) is 42.5 Å². The zero-order chi connectivity index (χ0) is 19.9. The molecule has 2 aromatic carbocycles. The summed E-state index contributed by atoms with van der Waals surface area (Å²) >= 11 is 0. The normalized spacial score (nSPS) is 17.3. The molecule has 0 bridgehead atoms. The minimum absolute atomic E-state index is 0.0129. The van der Waals surface area contributed by atoms with Gasteiger partial charge in [-0.3, -0.25) is 9.69 Å². The van der Waals surface area contributed by atoms with Crippen LogP contribution in [0.2, 0.25) is 0 Å². The molecule has 28 heavy (non-hydrogen) atoms. The molecule has 0 aliphatic carbocycles. The Balaban J connectivity index is 1.64. The molecule has 1 fully saturated rings. The highest BCUT2D eigenvalue weighted by atomic mass is 19.1. The molecule has 0 amide bonds. The van der Waals surface area contributed by atoms with E-state index >= 15 is 0 Å². The maximum absolute atomic E-state index is 13.6. The van der Waals surface area contributed by atoms with Crippen LogP contribution in [0.5, 0.6) is 11.5 Å². The van der Waals surface area contributed by atoms with Gasteiger partial charge in [0.15, 0.2) is 5.78 Å². The van der Waals surface area contributed by atoms with Crippen molar-refractivity contribution in [3.05, 3.63) is 59.4 Å². The topological polar surface area (TPSA) is 59.0 Å². The number of carbonyl (C=O) groups is 1. The van der Waals surface area contributed by atoms with E-state index in [1.165, 1.54) is 25.3 Å². The molecule has 2 aromatic rings. The van der Waals surface area contributed by atoms with Crippen molar-refractivity contribution in [3.63, 3.8) is 0 Å². The standard InChI is InChI=1S/C22H26FNO4/c1-27-21-9-6-18(23)13-20(21)22(26)17-3-2-10-24(15-17)14-16-4-7-19(8-5-16)28-12-11-25/h4-9,13,17,25H,2-3,10-12,14-15H2,1H3. The average Bonchev–Trinajstić information content (AvgIpc) is 2.73. The fourth-order valence-corrected chi connectivity index (χ4v) is 3.62. The van der Waals surface area contributed by atoms with Crippen LogP contribution in [0.25, 0.3) is 0 Å². The Labute approximate surface area is 164 Å². The van der Waals surface area contributed by atoms with Crippen molar-refractivity contribution in [1.29, 1.82) is 0 Å². The maximum Gasteiger partial charge on any atom is 0.171 e. The van der Waals surface area contributed by atoms with Crippen LogP contribution in [-0.2, 0) is 6.54 Å². The van der Waals surface area contributed by atoms with Gasteiger partial charge in [-0.25, -0.2) is 4.39 Å². The maximum atomic E-state index is 13.6. The lowest BCUT2D eigenvalue weighted by molar-refractivity contribution is 0.0808. The van der Waals surface area contributed by atoms with E-state index in [1.54, 1.807) is 0 Å². The molecule has 150 valence electrons. The van der Waals surface area contributed by atoms with Crippen molar-refractivity contribution in [3.8, 4) is 11.5 Å².